The fourth-order valence-corrected chi connectivity index (χ4v) is 5.45. The van der Waals surface area contributed by atoms with Crippen molar-refractivity contribution in [2.75, 3.05) is 19.3 Å². The first kappa shape index (κ1) is 20.4. The summed E-state index contributed by atoms with van der Waals surface area (Å²) in [4.78, 5) is 15.1. The zero-order valence-electron chi connectivity index (χ0n) is 13.9. The molecule has 2 N–H and O–H groups in total. The standard InChI is InChI=1S/C15H24N2O3S2.ClH/c1-10-9-13(12(3)21-10)11(2)17-14(18)15(22(4,19)20)5-7-16-8-6-15;/h9,11,16H,5-8H2,1-4H3,(H,17,18);1H. The van der Waals surface area contributed by atoms with Crippen LogP contribution in [0.2, 0.25) is 0 Å². The number of aryl methyl sites for hydroxylation is 2. The molecule has 1 amide bonds. The summed E-state index contributed by atoms with van der Waals surface area (Å²) < 4.78 is 23.2. The Morgan fingerprint density at radius 1 is 1.35 bits per heavy atom. The summed E-state index contributed by atoms with van der Waals surface area (Å²) in [5.41, 5.74) is 1.06. The van der Waals surface area contributed by atoms with Crippen LogP contribution in [0, 0.1) is 13.8 Å². The Balaban J connectivity index is 0.00000264. The monoisotopic (exact) mass is 380 g/mol. The normalized spacial score (nSPS) is 18.8. The molecular weight excluding hydrogens is 356 g/mol. The first-order valence-electron chi connectivity index (χ1n) is 7.45. The van der Waals surface area contributed by atoms with Gasteiger partial charge in [0.1, 0.15) is 0 Å². The van der Waals surface area contributed by atoms with Crippen molar-refractivity contribution in [3.63, 3.8) is 0 Å². The van der Waals surface area contributed by atoms with E-state index in [-0.39, 0.29) is 24.4 Å². The molecule has 0 bridgehead atoms. The number of nitrogens with one attached hydrogen (secondary N) is 2. The van der Waals surface area contributed by atoms with E-state index in [0.717, 1.165) is 10.4 Å². The Hall–Kier alpha value is -0.630. The van der Waals surface area contributed by atoms with E-state index in [0.29, 0.717) is 25.9 Å². The van der Waals surface area contributed by atoms with E-state index in [2.05, 4.69) is 16.7 Å². The number of amides is 1. The molecule has 0 spiro atoms. The van der Waals surface area contributed by atoms with Crippen molar-refractivity contribution in [1.82, 2.24) is 10.6 Å². The van der Waals surface area contributed by atoms with Gasteiger partial charge in [-0.05, 0) is 58.3 Å². The van der Waals surface area contributed by atoms with Crippen molar-refractivity contribution in [3.8, 4) is 0 Å². The predicted octanol–water partition coefficient (Wildman–Crippen LogP) is 2.13. The van der Waals surface area contributed by atoms with Crippen LogP contribution in [0.5, 0.6) is 0 Å². The van der Waals surface area contributed by atoms with E-state index in [1.165, 1.54) is 11.1 Å². The molecule has 0 aromatic carbocycles. The molecular formula is C15H25ClN2O3S2. The lowest BCUT2D eigenvalue weighted by molar-refractivity contribution is -0.125. The number of rotatable bonds is 4. The van der Waals surface area contributed by atoms with Gasteiger partial charge in [-0.15, -0.1) is 23.7 Å². The molecule has 1 aromatic heterocycles. The highest BCUT2D eigenvalue weighted by molar-refractivity contribution is 7.92. The molecule has 132 valence electrons. The SMILES string of the molecule is Cc1cc(C(C)NC(=O)C2(S(C)(=O)=O)CCNCC2)c(C)s1.Cl. The van der Waals surface area contributed by atoms with Gasteiger partial charge in [0.05, 0.1) is 6.04 Å². The summed E-state index contributed by atoms with van der Waals surface area (Å²) in [6.07, 6.45) is 1.82. The maximum atomic E-state index is 12.8. The second kappa shape index (κ2) is 7.51. The lowest BCUT2D eigenvalue weighted by atomic mass is 9.95. The summed E-state index contributed by atoms with van der Waals surface area (Å²) in [5, 5.41) is 6.05. The molecule has 1 saturated heterocycles. The quantitative estimate of drug-likeness (QED) is 0.839. The third-order valence-electron chi connectivity index (χ3n) is 4.43. The number of carbonyl (C=O) groups is 1. The average Bonchev–Trinajstić information content (AvgIpc) is 2.77. The van der Waals surface area contributed by atoms with Crippen molar-refractivity contribution >= 4 is 39.5 Å². The minimum atomic E-state index is -3.47. The summed E-state index contributed by atoms with van der Waals surface area (Å²) >= 11 is 1.69. The number of sulfone groups is 1. The van der Waals surface area contributed by atoms with Gasteiger partial charge in [-0.2, -0.15) is 0 Å². The van der Waals surface area contributed by atoms with Crippen LogP contribution in [-0.2, 0) is 14.6 Å². The Morgan fingerprint density at radius 3 is 2.35 bits per heavy atom. The largest absolute Gasteiger partial charge is 0.348 e. The second-order valence-corrected chi connectivity index (χ2v) is 9.87. The van der Waals surface area contributed by atoms with Gasteiger partial charge in [-0.25, -0.2) is 8.42 Å². The van der Waals surface area contributed by atoms with Crippen LogP contribution >= 0.6 is 23.7 Å². The summed E-state index contributed by atoms with van der Waals surface area (Å²) in [5.74, 6) is -0.368. The van der Waals surface area contributed by atoms with Crippen molar-refractivity contribution in [1.29, 1.82) is 0 Å². The molecule has 23 heavy (non-hydrogen) atoms. The van der Waals surface area contributed by atoms with E-state index in [1.54, 1.807) is 11.3 Å². The molecule has 1 aliphatic rings. The highest BCUT2D eigenvalue weighted by atomic mass is 35.5. The molecule has 0 radical (unpaired) electrons. The lowest BCUT2D eigenvalue weighted by Crippen LogP contribution is -2.57. The van der Waals surface area contributed by atoms with Crippen molar-refractivity contribution in [2.24, 2.45) is 0 Å². The summed E-state index contributed by atoms with van der Waals surface area (Å²) in [6.45, 7) is 7.05. The van der Waals surface area contributed by atoms with Crippen LogP contribution in [0.1, 0.15) is 41.1 Å². The number of halogens is 1. The van der Waals surface area contributed by atoms with E-state index < -0.39 is 14.6 Å². The maximum absolute atomic E-state index is 12.8. The molecule has 5 nitrogen and oxygen atoms in total. The van der Waals surface area contributed by atoms with Crippen LogP contribution in [0.4, 0.5) is 0 Å². The van der Waals surface area contributed by atoms with Crippen molar-refractivity contribution in [2.45, 2.75) is 44.4 Å². The van der Waals surface area contributed by atoms with E-state index in [4.69, 9.17) is 0 Å². The van der Waals surface area contributed by atoms with Crippen LogP contribution in [0.25, 0.3) is 0 Å². The molecule has 1 aromatic rings. The van der Waals surface area contributed by atoms with Gasteiger partial charge in [0.15, 0.2) is 14.6 Å². The van der Waals surface area contributed by atoms with Gasteiger partial charge in [-0.3, -0.25) is 4.79 Å². The highest BCUT2D eigenvalue weighted by Gasteiger charge is 2.48. The number of hydrogen-bond acceptors (Lipinski definition) is 5. The van der Waals surface area contributed by atoms with Crippen LogP contribution in [0.3, 0.4) is 0 Å². The molecule has 2 heterocycles. The number of carbonyl (C=O) groups excluding carboxylic acids is 1. The summed E-state index contributed by atoms with van der Waals surface area (Å²) in [7, 11) is -3.47. The van der Waals surface area contributed by atoms with Crippen LogP contribution in [-0.4, -0.2) is 38.4 Å². The fourth-order valence-electron chi connectivity index (χ4n) is 3.08. The lowest BCUT2D eigenvalue weighted by Gasteiger charge is -2.35. The molecule has 1 aliphatic heterocycles. The Bertz CT molecular complexity index is 664. The maximum Gasteiger partial charge on any atom is 0.242 e. The molecule has 8 heteroatoms. The first-order chi connectivity index (χ1) is 10.2. The minimum absolute atomic E-state index is 0. The van der Waals surface area contributed by atoms with Gasteiger partial charge in [0, 0.05) is 16.0 Å². The van der Waals surface area contributed by atoms with Gasteiger partial charge in [0.25, 0.3) is 0 Å². The van der Waals surface area contributed by atoms with E-state index in [9.17, 15) is 13.2 Å². The number of thiophene rings is 1. The van der Waals surface area contributed by atoms with Gasteiger partial charge >= 0.3 is 0 Å². The molecule has 2 rings (SSSR count). The van der Waals surface area contributed by atoms with E-state index in [1.807, 2.05) is 20.8 Å². The zero-order valence-corrected chi connectivity index (χ0v) is 16.4. The van der Waals surface area contributed by atoms with E-state index >= 15 is 0 Å². The smallest absolute Gasteiger partial charge is 0.242 e. The molecule has 0 aliphatic carbocycles. The van der Waals surface area contributed by atoms with Crippen LogP contribution in [0.15, 0.2) is 6.07 Å². The third-order valence-corrected chi connectivity index (χ3v) is 7.42. The van der Waals surface area contributed by atoms with Crippen LogP contribution < -0.4 is 10.6 Å². The Labute approximate surface area is 148 Å². The Kier molecular flexibility index (Phi) is 6.66. The average molecular weight is 381 g/mol. The zero-order chi connectivity index (χ0) is 16.5. The Morgan fingerprint density at radius 2 is 1.91 bits per heavy atom. The topological polar surface area (TPSA) is 75.3 Å². The first-order valence-corrected chi connectivity index (χ1v) is 10.2. The van der Waals surface area contributed by atoms with Gasteiger partial charge in [0.2, 0.25) is 5.91 Å². The highest BCUT2D eigenvalue weighted by Crippen LogP contribution is 2.31. The van der Waals surface area contributed by atoms with Gasteiger partial charge < -0.3 is 10.6 Å². The predicted molar refractivity (Wildman–Crippen MR) is 97.3 cm³/mol. The number of hydrogen-bond donors (Lipinski definition) is 2. The van der Waals surface area contributed by atoms with Gasteiger partial charge in [-0.1, -0.05) is 0 Å². The fraction of sp³-hybridized carbons (Fsp3) is 0.667. The molecule has 1 fully saturated rings. The third kappa shape index (κ3) is 4.07. The molecule has 0 saturated carbocycles. The van der Waals surface area contributed by atoms with Crippen molar-refractivity contribution in [3.05, 3.63) is 21.4 Å². The number of piperidine rings is 1. The second-order valence-electron chi connectivity index (χ2n) is 6.08. The molecule has 1 atom stereocenters. The van der Waals surface area contributed by atoms with Crippen molar-refractivity contribution < 1.29 is 13.2 Å². The summed E-state index contributed by atoms with van der Waals surface area (Å²) in [6, 6.07) is 1.87. The minimum Gasteiger partial charge on any atom is -0.348 e. The molecule has 1 unspecified atom stereocenters.